The van der Waals surface area contributed by atoms with Crippen LogP contribution in [0.1, 0.15) is 5.82 Å². The number of rotatable bonds is 3. The quantitative estimate of drug-likeness (QED) is 0.713. The highest BCUT2D eigenvalue weighted by Crippen LogP contribution is 2.22. The van der Waals surface area contributed by atoms with Gasteiger partial charge in [-0.15, -0.1) is 0 Å². The maximum atomic E-state index is 12.5. The van der Waals surface area contributed by atoms with Gasteiger partial charge in [0.15, 0.2) is 0 Å². The predicted molar refractivity (Wildman–Crippen MR) is 99.5 cm³/mol. The minimum atomic E-state index is 0.0980. The Hall–Kier alpha value is -2.80. The molecule has 1 fully saturated rings. The Morgan fingerprint density at radius 1 is 1.08 bits per heavy atom. The molecule has 7 heteroatoms. The van der Waals surface area contributed by atoms with Crippen LogP contribution in [0.4, 0.5) is 0 Å². The van der Waals surface area contributed by atoms with E-state index in [-0.39, 0.29) is 12.3 Å². The number of carbonyl (C=O) groups excluding carboxylic acids is 1. The Bertz CT molecular complexity index is 942. The predicted octanol–water partition coefficient (Wildman–Crippen LogP) is 1.35. The Balaban J connectivity index is 1.55. The lowest BCUT2D eigenvalue weighted by Crippen LogP contribution is -2.47. The number of piperazine rings is 1. The number of amides is 1. The molecule has 1 amide bonds. The molecule has 1 aliphatic rings. The van der Waals surface area contributed by atoms with Gasteiger partial charge in [0.2, 0.25) is 5.91 Å². The molecule has 0 unspecified atom stereocenters. The molecule has 134 valence electrons. The van der Waals surface area contributed by atoms with Gasteiger partial charge in [-0.05, 0) is 18.7 Å². The van der Waals surface area contributed by atoms with Crippen molar-refractivity contribution >= 4 is 16.8 Å². The van der Waals surface area contributed by atoms with Crippen LogP contribution in [0.25, 0.3) is 22.0 Å². The van der Waals surface area contributed by atoms with Crippen LogP contribution < -0.4 is 0 Å². The molecule has 0 radical (unpaired) electrons. The summed E-state index contributed by atoms with van der Waals surface area (Å²) < 4.78 is 1.78. The second-order valence-corrected chi connectivity index (χ2v) is 6.82. The second kappa shape index (κ2) is 6.84. The van der Waals surface area contributed by atoms with Crippen molar-refractivity contribution in [2.24, 2.45) is 7.05 Å². The van der Waals surface area contributed by atoms with Gasteiger partial charge in [-0.3, -0.25) is 9.48 Å². The van der Waals surface area contributed by atoms with Gasteiger partial charge in [0.25, 0.3) is 0 Å². The van der Waals surface area contributed by atoms with Crippen LogP contribution in [-0.4, -0.2) is 68.7 Å². The molecular weight excluding hydrogens is 328 g/mol. The smallest absolute Gasteiger partial charge is 0.230 e. The van der Waals surface area contributed by atoms with E-state index in [1.807, 2.05) is 42.5 Å². The lowest BCUT2D eigenvalue weighted by atomic mass is 10.1. The standard InChI is InChI=1S/C19H22N6O/c1-23-5-7-25(8-6-23)19(26)10-18-20-11-15-4-3-14(9-17(15)22-18)16-12-21-24(2)13-16/h3-4,9,11-13H,5-8,10H2,1-2H3. The first-order valence-electron chi connectivity index (χ1n) is 8.79. The van der Waals surface area contributed by atoms with E-state index in [9.17, 15) is 4.79 Å². The normalized spacial score (nSPS) is 15.5. The lowest BCUT2D eigenvalue weighted by molar-refractivity contribution is -0.132. The topological polar surface area (TPSA) is 67.2 Å². The van der Waals surface area contributed by atoms with Crippen molar-refractivity contribution in [2.45, 2.75) is 6.42 Å². The number of hydrogen-bond donors (Lipinski definition) is 0. The van der Waals surface area contributed by atoms with Crippen LogP contribution in [0.5, 0.6) is 0 Å². The molecule has 1 aromatic carbocycles. The monoisotopic (exact) mass is 350 g/mol. The average molecular weight is 350 g/mol. The number of hydrogen-bond acceptors (Lipinski definition) is 5. The number of benzene rings is 1. The van der Waals surface area contributed by atoms with E-state index >= 15 is 0 Å². The van der Waals surface area contributed by atoms with Crippen molar-refractivity contribution in [3.8, 4) is 11.1 Å². The zero-order valence-electron chi connectivity index (χ0n) is 15.1. The van der Waals surface area contributed by atoms with Gasteiger partial charge in [0, 0.05) is 56.6 Å². The fraction of sp³-hybridized carbons (Fsp3) is 0.368. The molecule has 0 saturated carbocycles. The van der Waals surface area contributed by atoms with Gasteiger partial charge in [-0.25, -0.2) is 9.97 Å². The molecule has 0 spiro atoms. The number of likely N-dealkylation sites (N-methyl/N-ethyl adjacent to an activating group) is 1. The van der Waals surface area contributed by atoms with Gasteiger partial charge in [0.1, 0.15) is 5.82 Å². The summed E-state index contributed by atoms with van der Waals surface area (Å²) >= 11 is 0. The Labute approximate surface area is 152 Å². The first kappa shape index (κ1) is 16.7. The van der Waals surface area contributed by atoms with Crippen LogP contribution in [0, 0.1) is 0 Å². The third-order valence-electron chi connectivity index (χ3n) is 4.84. The number of aryl methyl sites for hydroxylation is 1. The highest BCUT2D eigenvalue weighted by atomic mass is 16.2. The zero-order chi connectivity index (χ0) is 18.1. The zero-order valence-corrected chi connectivity index (χ0v) is 15.1. The molecule has 0 atom stereocenters. The minimum Gasteiger partial charge on any atom is -0.340 e. The fourth-order valence-corrected chi connectivity index (χ4v) is 3.20. The highest BCUT2D eigenvalue weighted by Gasteiger charge is 2.20. The maximum Gasteiger partial charge on any atom is 0.230 e. The van der Waals surface area contributed by atoms with Crippen LogP contribution in [-0.2, 0) is 18.3 Å². The van der Waals surface area contributed by atoms with Gasteiger partial charge < -0.3 is 9.80 Å². The largest absolute Gasteiger partial charge is 0.340 e. The van der Waals surface area contributed by atoms with Crippen LogP contribution in [0.2, 0.25) is 0 Å². The molecule has 3 heterocycles. The highest BCUT2D eigenvalue weighted by molar-refractivity contribution is 5.84. The molecule has 3 aromatic rings. The molecule has 4 rings (SSSR count). The van der Waals surface area contributed by atoms with E-state index in [4.69, 9.17) is 0 Å². The Kier molecular flexibility index (Phi) is 4.38. The number of fused-ring (bicyclic) bond motifs is 1. The summed E-state index contributed by atoms with van der Waals surface area (Å²) in [7, 11) is 3.98. The van der Waals surface area contributed by atoms with E-state index < -0.39 is 0 Å². The summed E-state index contributed by atoms with van der Waals surface area (Å²) in [6, 6.07) is 6.07. The van der Waals surface area contributed by atoms with E-state index in [1.165, 1.54) is 0 Å². The number of nitrogens with zero attached hydrogens (tertiary/aromatic N) is 6. The maximum absolute atomic E-state index is 12.5. The first-order valence-corrected chi connectivity index (χ1v) is 8.79. The number of aromatic nitrogens is 4. The van der Waals surface area contributed by atoms with Gasteiger partial charge in [0.05, 0.1) is 18.1 Å². The lowest BCUT2D eigenvalue weighted by Gasteiger charge is -2.32. The molecule has 0 bridgehead atoms. The molecule has 1 saturated heterocycles. The van der Waals surface area contributed by atoms with Crippen molar-refractivity contribution in [1.29, 1.82) is 0 Å². The number of carbonyl (C=O) groups is 1. The second-order valence-electron chi connectivity index (χ2n) is 6.82. The van der Waals surface area contributed by atoms with E-state index in [0.717, 1.165) is 48.2 Å². The molecular formula is C19H22N6O. The van der Waals surface area contributed by atoms with Crippen molar-refractivity contribution in [1.82, 2.24) is 29.5 Å². The molecule has 7 nitrogen and oxygen atoms in total. The molecule has 26 heavy (non-hydrogen) atoms. The van der Waals surface area contributed by atoms with Gasteiger partial charge in [-0.2, -0.15) is 5.10 Å². The van der Waals surface area contributed by atoms with E-state index in [0.29, 0.717) is 5.82 Å². The first-order chi connectivity index (χ1) is 12.6. The SMILES string of the molecule is CN1CCN(C(=O)Cc2ncc3ccc(-c4cnn(C)c4)cc3n2)CC1. The molecule has 1 aliphatic heterocycles. The van der Waals surface area contributed by atoms with Crippen molar-refractivity contribution in [2.75, 3.05) is 33.2 Å². The van der Waals surface area contributed by atoms with Gasteiger partial charge in [-0.1, -0.05) is 12.1 Å². The van der Waals surface area contributed by atoms with Crippen LogP contribution in [0.15, 0.2) is 36.8 Å². The molecule has 0 N–H and O–H groups in total. The minimum absolute atomic E-state index is 0.0980. The third-order valence-corrected chi connectivity index (χ3v) is 4.84. The summed E-state index contributed by atoms with van der Waals surface area (Å²) in [5.74, 6) is 0.672. The van der Waals surface area contributed by atoms with E-state index in [2.05, 4.69) is 27.0 Å². The van der Waals surface area contributed by atoms with Crippen molar-refractivity contribution in [3.05, 3.63) is 42.6 Å². The van der Waals surface area contributed by atoms with E-state index in [1.54, 1.807) is 10.9 Å². The summed E-state index contributed by atoms with van der Waals surface area (Å²) in [5, 5.41) is 5.18. The summed E-state index contributed by atoms with van der Waals surface area (Å²) in [6.07, 6.45) is 5.85. The third kappa shape index (κ3) is 3.43. The van der Waals surface area contributed by atoms with Crippen LogP contribution in [0.3, 0.4) is 0 Å². The fourth-order valence-electron chi connectivity index (χ4n) is 3.20. The summed E-state index contributed by atoms with van der Waals surface area (Å²) in [4.78, 5) is 25.7. The summed E-state index contributed by atoms with van der Waals surface area (Å²) in [5.41, 5.74) is 2.95. The summed E-state index contributed by atoms with van der Waals surface area (Å²) in [6.45, 7) is 3.37. The Morgan fingerprint density at radius 2 is 1.88 bits per heavy atom. The van der Waals surface area contributed by atoms with Crippen LogP contribution >= 0.6 is 0 Å². The Morgan fingerprint density at radius 3 is 2.62 bits per heavy atom. The molecule has 2 aromatic heterocycles. The van der Waals surface area contributed by atoms with Crippen molar-refractivity contribution < 1.29 is 4.79 Å². The van der Waals surface area contributed by atoms with Gasteiger partial charge >= 0.3 is 0 Å². The molecule has 0 aliphatic carbocycles. The average Bonchev–Trinajstić information content (AvgIpc) is 3.08. The van der Waals surface area contributed by atoms with Crippen molar-refractivity contribution in [3.63, 3.8) is 0 Å².